The zero-order valence-electron chi connectivity index (χ0n) is 12.3. The van der Waals surface area contributed by atoms with E-state index in [1.54, 1.807) is 7.11 Å². The smallest absolute Gasteiger partial charge is 0.165 e. The molecule has 1 rings (SSSR count). The second kappa shape index (κ2) is 8.43. The van der Waals surface area contributed by atoms with Crippen LogP contribution >= 0.6 is 15.9 Å². The van der Waals surface area contributed by atoms with E-state index in [0.29, 0.717) is 12.6 Å². The van der Waals surface area contributed by atoms with Gasteiger partial charge in [0.05, 0.1) is 13.7 Å². The molecule has 1 aromatic rings. The fourth-order valence-electron chi connectivity index (χ4n) is 1.70. The van der Waals surface area contributed by atoms with Gasteiger partial charge in [-0.3, -0.25) is 0 Å². The van der Waals surface area contributed by atoms with Crippen LogP contribution in [0.4, 0.5) is 0 Å². The molecular formula is C15H24BrNO2. The van der Waals surface area contributed by atoms with Crippen molar-refractivity contribution < 1.29 is 9.47 Å². The summed E-state index contributed by atoms with van der Waals surface area (Å²) in [5.74, 6) is 1.63. The van der Waals surface area contributed by atoms with Gasteiger partial charge in [0, 0.05) is 22.6 Å². The van der Waals surface area contributed by atoms with Gasteiger partial charge < -0.3 is 14.8 Å². The van der Waals surface area contributed by atoms with Gasteiger partial charge in [-0.1, -0.05) is 29.8 Å². The van der Waals surface area contributed by atoms with E-state index in [1.165, 1.54) is 0 Å². The number of rotatable bonds is 8. The molecule has 0 heterocycles. The van der Waals surface area contributed by atoms with Gasteiger partial charge in [-0.2, -0.15) is 0 Å². The number of methoxy groups -OCH3 is 1. The van der Waals surface area contributed by atoms with Crippen LogP contribution in [0, 0.1) is 0 Å². The van der Waals surface area contributed by atoms with Crippen molar-refractivity contribution in [3.8, 4) is 11.5 Å². The minimum atomic E-state index is 0.490. The van der Waals surface area contributed by atoms with Crippen molar-refractivity contribution in [3.63, 3.8) is 0 Å². The molecule has 0 aliphatic carbocycles. The minimum absolute atomic E-state index is 0.490. The van der Waals surface area contributed by atoms with Gasteiger partial charge in [0.1, 0.15) is 0 Å². The van der Waals surface area contributed by atoms with Gasteiger partial charge in [0.25, 0.3) is 0 Å². The van der Waals surface area contributed by atoms with Crippen LogP contribution in [0.15, 0.2) is 16.6 Å². The fourth-order valence-corrected chi connectivity index (χ4v) is 2.19. The third-order valence-corrected chi connectivity index (χ3v) is 3.48. The highest BCUT2D eigenvalue weighted by molar-refractivity contribution is 9.10. The topological polar surface area (TPSA) is 30.5 Å². The van der Waals surface area contributed by atoms with Gasteiger partial charge in [0.15, 0.2) is 11.5 Å². The van der Waals surface area contributed by atoms with E-state index in [0.717, 1.165) is 40.9 Å². The molecule has 1 N–H and O–H groups in total. The van der Waals surface area contributed by atoms with Crippen LogP contribution < -0.4 is 14.8 Å². The number of benzene rings is 1. The molecule has 0 spiro atoms. The number of hydrogen-bond acceptors (Lipinski definition) is 3. The maximum Gasteiger partial charge on any atom is 0.165 e. The minimum Gasteiger partial charge on any atom is -0.493 e. The standard InChI is InChI=1S/C15H24BrNO2/c1-5-7-19-15-12(10-17-11(3)6-2)8-13(16)9-14(15)18-4/h8-9,11,17H,5-7,10H2,1-4H3/t11-/m1/s1. The SMILES string of the molecule is CCCOc1c(CN[C@H](C)CC)cc(Br)cc1OC. The normalized spacial score (nSPS) is 12.3. The lowest BCUT2D eigenvalue weighted by Gasteiger charge is -2.17. The Kier molecular flexibility index (Phi) is 7.24. The molecule has 0 saturated heterocycles. The van der Waals surface area contributed by atoms with Crippen molar-refractivity contribution in [2.45, 2.75) is 46.2 Å². The van der Waals surface area contributed by atoms with Gasteiger partial charge in [-0.15, -0.1) is 0 Å². The third kappa shape index (κ3) is 5.03. The summed E-state index contributed by atoms with van der Waals surface area (Å²) >= 11 is 3.52. The summed E-state index contributed by atoms with van der Waals surface area (Å²) in [6, 6.07) is 4.52. The summed E-state index contributed by atoms with van der Waals surface area (Å²) in [4.78, 5) is 0. The van der Waals surface area contributed by atoms with Crippen LogP contribution in [-0.4, -0.2) is 19.8 Å². The maximum atomic E-state index is 5.84. The number of hydrogen-bond donors (Lipinski definition) is 1. The van der Waals surface area contributed by atoms with E-state index in [-0.39, 0.29) is 0 Å². The number of halogens is 1. The molecule has 0 unspecified atom stereocenters. The molecule has 0 bridgehead atoms. The monoisotopic (exact) mass is 329 g/mol. The van der Waals surface area contributed by atoms with Crippen molar-refractivity contribution in [1.82, 2.24) is 5.32 Å². The Morgan fingerprint density at radius 2 is 2.05 bits per heavy atom. The Morgan fingerprint density at radius 1 is 1.32 bits per heavy atom. The average molecular weight is 330 g/mol. The predicted octanol–water partition coefficient (Wildman–Crippen LogP) is 4.13. The lowest BCUT2D eigenvalue weighted by molar-refractivity contribution is 0.290. The van der Waals surface area contributed by atoms with Crippen molar-refractivity contribution in [3.05, 3.63) is 22.2 Å². The Bertz CT molecular complexity index is 396. The highest BCUT2D eigenvalue weighted by atomic mass is 79.9. The second-order valence-electron chi connectivity index (χ2n) is 4.63. The Balaban J connectivity index is 2.94. The molecule has 3 nitrogen and oxygen atoms in total. The average Bonchev–Trinajstić information content (AvgIpc) is 2.42. The number of ether oxygens (including phenoxy) is 2. The molecule has 0 amide bonds. The van der Waals surface area contributed by atoms with Crippen LogP contribution in [-0.2, 0) is 6.54 Å². The first-order valence-electron chi connectivity index (χ1n) is 6.84. The summed E-state index contributed by atoms with van der Waals surface area (Å²) in [6.45, 7) is 7.94. The Hall–Kier alpha value is -0.740. The van der Waals surface area contributed by atoms with Gasteiger partial charge in [0.2, 0.25) is 0 Å². The molecule has 108 valence electrons. The van der Waals surface area contributed by atoms with Crippen molar-refractivity contribution in [1.29, 1.82) is 0 Å². The van der Waals surface area contributed by atoms with E-state index in [4.69, 9.17) is 9.47 Å². The molecule has 0 saturated carbocycles. The molecule has 0 aromatic heterocycles. The molecular weight excluding hydrogens is 306 g/mol. The molecule has 4 heteroatoms. The highest BCUT2D eigenvalue weighted by Gasteiger charge is 2.13. The maximum absolute atomic E-state index is 5.84. The molecule has 1 aromatic carbocycles. The second-order valence-corrected chi connectivity index (χ2v) is 5.55. The third-order valence-electron chi connectivity index (χ3n) is 3.02. The summed E-state index contributed by atoms with van der Waals surface area (Å²) < 4.78 is 12.3. The first kappa shape index (κ1) is 16.3. The van der Waals surface area contributed by atoms with Crippen LogP contribution in [0.25, 0.3) is 0 Å². The van der Waals surface area contributed by atoms with Crippen LogP contribution in [0.5, 0.6) is 11.5 Å². The van der Waals surface area contributed by atoms with E-state index >= 15 is 0 Å². The molecule has 19 heavy (non-hydrogen) atoms. The summed E-state index contributed by atoms with van der Waals surface area (Å²) in [6.07, 6.45) is 2.09. The van der Waals surface area contributed by atoms with Crippen LogP contribution in [0.3, 0.4) is 0 Å². The zero-order chi connectivity index (χ0) is 14.3. The lowest BCUT2D eigenvalue weighted by atomic mass is 10.1. The van der Waals surface area contributed by atoms with E-state index in [2.05, 4.69) is 48.1 Å². The summed E-state index contributed by atoms with van der Waals surface area (Å²) in [7, 11) is 1.67. The summed E-state index contributed by atoms with van der Waals surface area (Å²) in [5.41, 5.74) is 1.12. The Labute approximate surface area is 124 Å². The fraction of sp³-hybridized carbons (Fsp3) is 0.600. The molecule has 0 aliphatic heterocycles. The van der Waals surface area contributed by atoms with Gasteiger partial charge in [-0.05, 0) is 31.9 Å². The van der Waals surface area contributed by atoms with Crippen LogP contribution in [0.1, 0.15) is 39.2 Å². The van der Waals surface area contributed by atoms with Gasteiger partial charge >= 0.3 is 0 Å². The van der Waals surface area contributed by atoms with E-state index < -0.39 is 0 Å². The van der Waals surface area contributed by atoms with Crippen molar-refractivity contribution in [2.75, 3.05) is 13.7 Å². The van der Waals surface area contributed by atoms with E-state index in [9.17, 15) is 0 Å². The highest BCUT2D eigenvalue weighted by Crippen LogP contribution is 2.35. The lowest BCUT2D eigenvalue weighted by Crippen LogP contribution is -2.24. The Morgan fingerprint density at radius 3 is 2.63 bits per heavy atom. The first-order chi connectivity index (χ1) is 9.12. The van der Waals surface area contributed by atoms with E-state index in [1.807, 2.05) is 6.07 Å². The van der Waals surface area contributed by atoms with Crippen LogP contribution in [0.2, 0.25) is 0 Å². The molecule has 0 fully saturated rings. The van der Waals surface area contributed by atoms with Crippen molar-refractivity contribution >= 4 is 15.9 Å². The number of nitrogens with one attached hydrogen (secondary N) is 1. The van der Waals surface area contributed by atoms with Gasteiger partial charge in [-0.25, -0.2) is 0 Å². The quantitative estimate of drug-likeness (QED) is 0.777. The predicted molar refractivity (Wildman–Crippen MR) is 83.1 cm³/mol. The zero-order valence-corrected chi connectivity index (χ0v) is 13.8. The molecule has 1 atom stereocenters. The largest absolute Gasteiger partial charge is 0.493 e. The molecule has 0 aliphatic rings. The first-order valence-corrected chi connectivity index (χ1v) is 7.64. The molecule has 0 radical (unpaired) electrons. The summed E-state index contributed by atoms with van der Waals surface area (Å²) in [5, 5.41) is 3.49. The van der Waals surface area contributed by atoms with Crippen molar-refractivity contribution in [2.24, 2.45) is 0 Å².